The van der Waals surface area contributed by atoms with E-state index in [1.165, 1.54) is 0 Å². The number of rotatable bonds is 4. The molecular weight excluding hydrogens is 284 g/mol. The van der Waals surface area contributed by atoms with Crippen molar-refractivity contribution in [2.24, 2.45) is 0 Å². The standard InChI is InChI=1S/C16H24N2O4/c1-16(11-19)4-3-12-9-13(17-20-2)14(10-15(12)22-16)18-5-7-21-8-6-18/h9-10,17,19H,3-8,11H2,1-2H3. The number of nitrogens with zero attached hydrogens (tertiary/aromatic N) is 1. The molecule has 1 unspecified atom stereocenters. The minimum absolute atomic E-state index is 0.0252. The van der Waals surface area contributed by atoms with E-state index in [2.05, 4.69) is 22.5 Å². The summed E-state index contributed by atoms with van der Waals surface area (Å²) in [4.78, 5) is 7.39. The van der Waals surface area contributed by atoms with E-state index in [1.54, 1.807) is 7.11 Å². The van der Waals surface area contributed by atoms with Crippen LogP contribution in [0.15, 0.2) is 12.1 Å². The van der Waals surface area contributed by atoms with Crippen LogP contribution < -0.4 is 15.1 Å². The van der Waals surface area contributed by atoms with E-state index in [-0.39, 0.29) is 6.61 Å². The van der Waals surface area contributed by atoms with Crippen molar-refractivity contribution in [3.05, 3.63) is 17.7 Å². The molecule has 1 aromatic carbocycles. The normalized spacial score (nSPS) is 24.6. The summed E-state index contributed by atoms with van der Waals surface area (Å²) in [7, 11) is 1.61. The molecule has 0 aromatic heterocycles. The van der Waals surface area contributed by atoms with Gasteiger partial charge in [-0.15, -0.1) is 0 Å². The fourth-order valence-electron chi connectivity index (χ4n) is 2.99. The fourth-order valence-corrected chi connectivity index (χ4v) is 2.99. The first-order chi connectivity index (χ1) is 10.6. The maximum Gasteiger partial charge on any atom is 0.129 e. The Morgan fingerprint density at radius 1 is 1.36 bits per heavy atom. The molecule has 0 aliphatic carbocycles. The Kier molecular flexibility index (Phi) is 4.42. The van der Waals surface area contributed by atoms with Crippen molar-refractivity contribution in [3.8, 4) is 5.75 Å². The van der Waals surface area contributed by atoms with Crippen molar-refractivity contribution in [1.82, 2.24) is 0 Å². The molecule has 2 aliphatic rings. The molecule has 2 N–H and O–H groups in total. The monoisotopic (exact) mass is 308 g/mol. The van der Waals surface area contributed by atoms with Gasteiger partial charge >= 0.3 is 0 Å². The minimum Gasteiger partial charge on any atom is -0.485 e. The lowest BCUT2D eigenvalue weighted by Crippen LogP contribution is -2.40. The first kappa shape index (κ1) is 15.4. The molecule has 0 radical (unpaired) electrons. The SMILES string of the molecule is CONc1cc2c(cc1N1CCOCC1)OC(C)(CO)CC2. The maximum absolute atomic E-state index is 9.55. The third-order valence-corrected chi connectivity index (χ3v) is 4.36. The molecule has 1 saturated heterocycles. The summed E-state index contributed by atoms with van der Waals surface area (Å²) in [6, 6.07) is 4.13. The smallest absolute Gasteiger partial charge is 0.129 e. The van der Waals surface area contributed by atoms with Gasteiger partial charge in [-0.05, 0) is 31.4 Å². The van der Waals surface area contributed by atoms with Gasteiger partial charge in [-0.3, -0.25) is 10.3 Å². The average Bonchev–Trinajstić information content (AvgIpc) is 2.56. The number of hydrogen-bond acceptors (Lipinski definition) is 6. The average molecular weight is 308 g/mol. The number of nitrogens with one attached hydrogen (secondary N) is 1. The second-order valence-corrected chi connectivity index (χ2v) is 6.09. The van der Waals surface area contributed by atoms with E-state index in [0.717, 1.165) is 61.8 Å². The number of aryl methyl sites for hydroxylation is 1. The first-order valence-electron chi connectivity index (χ1n) is 7.74. The van der Waals surface area contributed by atoms with Crippen LogP contribution in [0.5, 0.6) is 5.75 Å². The molecular formula is C16H24N2O4. The van der Waals surface area contributed by atoms with Crippen LogP contribution in [-0.2, 0) is 16.0 Å². The van der Waals surface area contributed by atoms with Gasteiger partial charge in [0.1, 0.15) is 11.4 Å². The van der Waals surface area contributed by atoms with Crippen molar-refractivity contribution >= 4 is 11.4 Å². The quantitative estimate of drug-likeness (QED) is 0.823. The number of aliphatic hydroxyl groups excluding tert-OH is 1. The van der Waals surface area contributed by atoms with E-state index >= 15 is 0 Å². The number of fused-ring (bicyclic) bond motifs is 1. The minimum atomic E-state index is -0.495. The summed E-state index contributed by atoms with van der Waals surface area (Å²) in [5.74, 6) is 0.853. The Hall–Kier alpha value is -1.50. The van der Waals surface area contributed by atoms with Crippen LogP contribution in [0, 0.1) is 0 Å². The molecule has 22 heavy (non-hydrogen) atoms. The summed E-state index contributed by atoms with van der Waals surface area (Å²) in [6.45, 7) is 5.10. The molecule has 1 aromatic rings. The molecule has 2 heterocycles. The molecule has 0 amide bonds. The zero-order valence-electron chi connectivity index (χ0n) is 13.2. The van der Waals surface area contributed by atoms with E-state index in [0.29, 0.717) is 0 Å². The number of benzene rings is 1. The fraction of sp³-hybridized carbons (Fsp3) is 0.625. The van der Waals surface area contributed by atoms with Crippen molar-refractivity contribution in [2.45, 2.75) is 25.4 Å². The van der Waals surface area contributed by atoms with Crippen molar-refractivity contribution in [3.63, 3.8) is 0 Å². The number of hydrogen-bond donors (Lipinski definition) is 2. The first-order valence-corrected chi connectivity index (χ1v) is 7.74. The van der Waals surface area contributed by atoms with Crippen molar-refractivity contribution in [2.75, 3.05) is 50.4 Å². The van der Waals surface area contributed by atoms with Gasteiger partial charge in [0.25, 0.3) is 0 Å². The summed E-state index contributed by atoms with van der Waals surface area (Å²) in [5.41, 5.74) is 5.61. The van der Waals surface area contributed by atoms with Crippen LogP contribution >= 0.6 is 0 Å². The summed E-state index contributed by atoms with van der Waals surface area (Å²) in [6.07, 6.45) is 1.69. The van der Waals surface area contributed by atoms with E-state index in [9.17, 15) is 5.11 Å². The Labute approximate surface area is 130 Å². The predicted molar refractivity (Wildman–Crippen MR) is 84.5 cm³/mol. The van der Waals surface area contributed by atoms with Crippen LogP contribution in [0.3, 0.4) is 0 Å². The summed E-state index contributed by atoms with van der Waals surface area (Å²) >= 11 is 0. The highest BCUT2D eigenvalue weighted by Gasteiger charge is 2.32. The third-order valence-electron chi connectivity index (χ3n) is 4.36. The Morgan fingerprint density at radius 2 is 2.14 bits per heavy atom. The van der Waals surface area contributed by atoms with E-state index < -0.39 is 5.60 Å². The lowest BCUT2D eigenvalue weighted by atomic mass is 9.92. The molecule has 0 saturated carbocycles. The van der Waals surface area contributed by atoms with Gasteiger partial charge in [-0.1, -0.05) is 0 Å². The van der Waals surface area contributed by atoms with Crippen molar-refractivity contribution in [1.29, 1.82) is 0 Å². The van der Waals surface area contributed by atoms with Gasteiger partial charge in [0.15, 0.2) is 0 Å². The van der Waals surface area contributed by atoms with Crippen molar-refractivity contribution < 1.29 is 19.4 Å². The predicted octanol–water partition coefficient (Wildman–Crippen LogP) is 1.57. The van der Waals surface area contributed by atoms with Gasteiger partial charge in [0.2, 0.25) is 0 Å². The van der Waals surface area contributed by atoms with E-state index in [1.807, 2.05) is 6.92 Å². The second kappa shape index (κ2) is 6.32. The zero-order valence-corrected chi connectivity index (χ0v) is 13.2. The lowest BCUT2D eigenvalue weighted by Gasteiger charge is -2.36. The van der Waals surface area contributed by atoms with Crippen LogP contribution in [0.1, 0.15) is 18.9 Å². The molecule has 6 nitrogen and oxygen atoms in total. The van der Waals surface area contributed by atoms with E-state index in [4.69, 9.17) is 14.3 Å². The molecule has 2 aliphatic heterocycles. The number of anilines is 2. The lowest BCUT2D eigenvalue weighted by molar-refractivity contribution is 0.00811. The van der Waals surface area contributed by atoms with Crippen LogP contribution in [0.25, 0.3) is 0 Å². The van der Waals surface area contributed by atoms with Gasteiger partial charge in [0, 0.05) is 19.2 Å². The second-order valence-electron chi connectivity index (χ2n) is 6.09. The molecule has 0 spiro atoms. The van der Waals surface area contributed by atoms with Crippen LogP contribution in [0.2, 0.25) is 0 Å². The molecule has 3 rings (SSSR count). The Balaban J connectivity index is 1.95. The molecule has 0 bridgehead atoms. The number of ether oxygens (including phenoxy) is 2. The third kappa shape index (κ3) is 2.99. The maximum atomic E-state index is 9.55. The highest BCUT2D eigenvalue weighted by molar-refractivity contribution is 5.73. The largest absolute Gasteiger partial charge is 0.485 e. The zero-order chi connectivity index (χ0) is 15.6. The Bertz CT molecular complexity index is 531. The van der Waals surface area contributed by atoms with Gasteiger partial charge in [-0.2, -0.15) is 0 Å². The van der Waals surface area contributed by atoms with Gasteiger partial charge in [-0.25, -0.2) is 0 Å². The number of morpholine rings is 1. The molecule has 1 fully saturated rings. The van der Waals surface area contributed by atoms with Crippen LogP contribution in [-0.4, -0.2) is 50.7 Å². The highest BCUT2D eigenvalue weighted by Crippen LogP contribution is 2.40. The number of aliphatic hydroxyl groups is 1. The van der Waals surface area contributed by atoms with Gasteiger partial charge < -0.3 is 19.5 Å². The molecule has 1 atom stereocenters. The summed E-state index contributed by atoms with van der Waals surface area (Å²) < 4.78 is 11.5. The van der Waals surface area contributed by atoms with Crippen LogP contribution in [0.4, 0.5) is 11.4 Å². The van der Waals surface area contributed by atoms with Gasteiger partial charge in [0.05, 0.1) is 38.3 Å². The highest BCUT2D eigenvalue weighted by atomic mass is 16.6. The molecule has 6 heteroatoms. The molecule has 122 valence electrons. The Morgan fingerprint density at radius 3 is 2.82 bits per heavy atom. The summed E-state index contributed by atoms with van der Waals surface area (Å²) in [5, 5.41) is 9.55. The topological polar surface area (TPSA) is 63.2 Å².